The zero-order chi connectivity index (χ0) is 16.7. The standard InChI is InChI=1S/C15H19NO6/c1-9(17)14(15(19)20)16-13(18)7-5-10-4-6-11(21-2)12(8-10)22-3/h4-9,14,17H,1-3H3,(H,16,18)(H,19,20)/b7-5+/t9?,14-/m0/s1. The second-order valence-corrected chi connectivity index (χ2v) is 4.51. The maximum atomic E-state index is 11.7. The number of nitrogens with one attached hydrogen (secondary N) is 1. The van der Waals surface area contributed by atoms with Gasteiger partial charge in [0, 0.05) is 6.08 Å². The van der Waals surface area contributed by atoms with E-state index in [-0.39, 0.29) is 0 Å². The number of methoxy groups -OCH3 is 2. The number of aliphatic carboxylic acids is 1. The Morgan fingerprint density at radius 2 is 1.86 bits per heavy atom. The Labute approximate surface area is 128 Å². The third-order valence-electron chi connectivity index (χ3n) is 2.88. The van der Waals surface area contributed by atoms with Crippen molar-refractivity contribution in [3.63, 3.8) is 0 Å². The molecule has 7 heteroatoms. The molecule has 0 spiro atoms. The molecule has 0 aliphatic carbocycles. The summed E-state index contributed by atoms with van der Waals surface area (Å²) in [6.45, 7) is 1.29. The monoisotopic (exact) mass is 309 g/mol. The van der Waals surface area contributed by atoms with Crippen LogP contribution in [-0.2, 0) is 9.59 Å². The Balaban J connectivity index is 2.79. The quantitative estimate of drug-likeness (QED) is 0.639. The van der Waals surface area contributed by atoms with Gasteiger partial charge >= 0.3 is 5.97 Å². The van der Waals surface area contributed by atoms with Crippen LogP contribution in [0.5, 0.6) is 11.5 Å². The Morgan fingerprint density at radius 1 is 1.23 bits per heavy atom. The van der Waals surface area contributed by atoms with E-state index in [2.05, 4.69) is 5.32 Å². The molecule has 0 heterocycles. The van der Waals surface area contributed by atoms with E-state index >= 15 is 0 Å². The van der Waals surface area contributed by atoms with Crippen molar-refractivity contribution in [1.82, 2.24) is 5.32 Å². The van der Waals surface area contributed by atoms with Gasteiger partial charge in [-0.05, 0) is 30.7 Å². The first-order chi connectivity index (χ1) is 10.4. The number of amides is 1. The molecule has 7 nitrogen and oxygen atoms in total. The fourth-order valence-electron chi connectivity index (χ4n) is 1.72. The SMILES string of the molecule is COc1ccc(/C=C/C(=O)N[C@H](C(=O)O)C(C)O)cc1OC. The van der Waals surface area contributed by atoms with Crippen LogP contribution >= 0.6 is 0 Å². The van der Waals surface area contributed by atoms with Crippen molar-refractivity contribution in [1.29, 1.82) is 0 Å². The number of aliphatic hydroxyl groups excluding tert-OH is 1. The average molecular weight is 309 g/mol. The van der Waals surface area contributed by atoms with Crippen LogP contribution in [0.15, 0.2) is 24.3 Å². The summed E-state index contributed by atoms with van der Waals surface area (Å²) in [6.07, 6.45) is 1.48. The summed E-state index contributed by atoms with van der Waals surface area (Å²) in [4.78, 5) is 22.6. The van der Waals surface area contributed by atoms with Gasteiger partial charge in [0.2, 0.25) is 5.91 Å². The molecule has 1 aromatic carbocycles. The predicted molar refractivity (Wildman–Crippen MR) is 79.8 cm³/mol. The molecule has 0 aliphatic rings. The first-order valence-electron chi connectivity index (χ1n) is 6.50. The van der Waals surface area contributed by atoms with Crippen LogP contribution in [0.25, 0.3) is 6.08 Å². The summed E-state index contributed by atoms with van der Waals surface area (Å²) in [5, 5.41) is 20.4. The van der Waals surface area contributed by atoms with Gasteiger partial charge in [0.15, 0.2) is 17.5 Å². The van der Waals surface area contributed by atoms with E-state index in [0.29, 0.717) is 17.1 Å². The largest absolute Gasteiger partial charge is 0.493 e. The van der Waals surface area contributed by atoms with Crippen molar-refractivity contribution in [2.75, 3.05) is 14.2 Å². The number of carboxylic acids is 1. The molecule has 0 bridgehead atoms. The third kappa shape index (κ3) is 4.78. The predicted octanol–water partition coefficient (Wildman–Crippen LogP) is 0.667. The van der Waals surface area contributed by atoms with Crippen molar-refractivity contribution in [2.24, 2.45) is 0 Å². The van der Waals surface area contributed by atoms with Gasteiger partial charge in [-0.3, -0.25) is 4.79 Å². The average Bonchev–Trinajstić information content (AvgIpc) is 2.49. The van der Waals surface area contributed by atoms with Crippen LogP contribution < -0.4 is 14.8 Å². The first kappa shape index (κ1) is 17.5. The van der Waals surface area contributed by atoms with Gasteiger partial charge in [0.05, 0.1) is 20.3 Å². The van der Waals surface area contributed by atoms with Crippen molar-refractivity contribution in [3.05, 3.63) is 29.8 Å². The van der Waals surface area contributed by atoms with E-state index in [4.69, 9.17) is 14.6 Å². The third-order valence-corrected chi connectivity index (χ3v) is 2.88. The first-order valence-corrected chi connectivity index (χ1v) is 6.50. The van der Waals surface area contributed by atoms with E-state index in [1.165, 1.54) is 33.3 Å². The molecule has 1 amide bonds. The molecule has 2 atom stereocenters. The Kier molecular flexibility index (Phi) is 6.40. The molecule has 22 heavy (non-hydrogen) atoms. The lowest BCUT2D eigenvalue weighted by Crippen LogP contribution is -2.47. The van der Waals surface area contributed by atoms with Crippen LogP contribution in [0.4, 0.5) is 0 Å². The summed E-state index contributed by atoms with van der Waals surface area (Å²) in [6, 6.07) is 3.72. The molecule has 120 valence electrons. The van der Waals surface area contributed by atoms with Crippen LogP contribution in [-0.4, -0.2) is 48.5 Å². The van der Waals surface area contributed by atoms with Crippen LogP contribution in [0.2, 0.25) is 0 Å². The maximum absolute atomic E-state index is 11.7. The van der Waals surface area contributed by atoms with Gasteiger partial charge in [0.25, 0.3) is 0 Å². The molecule has 0 saturated heterocycles. The van der Waals surface area contributed by atoms with Crippen molar-refractivity contribution in [2.45, 2.75) is 19.1 Å². The number of carbonyl (C=O) groups excluding carboxylic acids is 1. The summed E-state index contributed by atoms with van der Waals surface area (Å²) in [7, 11) is 3.01. The number of carboxylic acid groups (broad SMARTS) is 1. The molecule has 3 N–H and O–H groups in total. The van der Waals surface area contributed by atoms with Gasteiger partial charge in [-0.2, -0.15) is 0 Å². The topological polar surface area (TPSA) is 105 Å². The van der Waals surface area contributed by atoms with E-state index in [0.717, 1.165) is 0 Å². The number of hydrogen-bond acceptors (Lipinski definition) is 5. The minimum atomic E-state index is -1.36. The molecule has 1 rings (SSSR count). The lowest BCUT2D eigenvalue weighted by atomic mass is 10.1. The molecule has 1 unspecified atom stereocenters. The Morgan fingerprint density at radius 3 is 2.36 bits per heavy atom. The lowest BCUT2D eigenvalue weighted by Gasteiger charge is -2.15. The fourth-order valence-corrected chi connectivity index (χ4v) is 1.72. The number of carbonyl (C=O) groups is 2. The summed E-state index contributed by atoms with van der Waals surface area (Å²) in [5.74, 6) is -0.854. The van der Waals surface area contributed by atoms with Gasteiger partial charge in [-0.25, -0.2) is 4.79 Å². The molecule has 0 fully saturated rings. The fraction of sp³-hybridized carbons (Fsp3) is 0.333. The van der Waals surface area contributed by atoms with Crippen LogP contribution in [0, 0.1) is 0 Å². The second-order valence-electron chi connectivity index (χ2n) is 4.51. The van der Waals surface area contributed by atoms with Gasteiger partial charge in [-0.15, -0.1) is 0 Å². The highest BCUT2D eigenvalue weighted by molar-refractivity contribution is 5.94. The summed E-state index contributed by atoms with van der Waals surface area (Å²) in [5.41, 5.74) is 0.678. The van der Waals surface area contributed by atoms with E-state index in [9.17, 15) is 14.7 Å². The smallest absolute Gasteiger partial charge is 0.328 e. The maximum Gasteiger partial charge on any atom is 0.328 e. The number of benzene rings is 1. The molecular weight excluding hydrogens is 290 g/mol. The number of ether oxygens (including phenoxy) is 2. The molecule has 0 aliphatic heterocycles. The number of rotatable bonds is 7. The highest BCUT2D eigenvalue weighted by Gasteiger charge is 2.23. The minimum Gasteiger partial charge on any atom is -0.493 e. The van der Waals surface area contributed by atoms with Crippen LogP contribution in [0.1, 0.15) is 12.5 Å². The summed E-state index contributed by atoms with van der Waals surface area (Å²) >= 11 is 0. The summed E-state index contributed by atoms with van der Waals surface area (Å²) < 4.78 is 10.2. The lowest BCUT2D eigenvalue weighted by molar-refractivity contribution is -0.144. The number of aliphatic hydroxyl groups is 1. The second kappa shape index (κ2) is 8.04. The zero-order valence-electron chi connectivity index (χ0n) is 12.6. The van der Waals surface area contributed by atoms with Crippen molar-refractivity contribution < 1.29 is 29.3 Å². The highest BCUT2D eigenvalue weighted by Crippen LogP contribution is 2.27. The van der Waals surface area contributed by atoms with Gasteiger partial charge < -0.3 is 25.0 Å². The molecule has 0 saturated carbocycles. The van der Waals surface area contributed by atoms with Crippen molar-refractivity contribution >= 4 is 18.0 Å². The molecule has 0 radical (unpaired) electrons. The highest BCUT2D eigenvalue weighted by atomic mass is 16.5. The van der Waals surface area contributed by atoms with E-state index in [1.54, 1.807) is 18.2 Å². The molecule has 0 aromatic heterocycles. The minimum absolute atomic E-state index is 0.512. The Bertz CT molecular complexity index is 567. The van der Waals surface area contributed by atoms with E-state index < -0.39 is 24.0 Å². The normalized spacial score (nSPS) is 13.5. The Hall–Kier alpha value is -2.54. The van der Waals surface area contributed by atoms with E-state index in [1.807, 2.05) is 0 Å². The van der Waals surface area contributed by atoms with Gasteiger partial charge in [0.1, 0.15) is 0 Å². The zero-order valence-corrected chi connectivity index (χ0v) is 12.6. The number of hydrogen-bond donors (Lipinski definition) is 3. The van der Waals surface area contributed by atoms with Crippen LogP contribution in [0.3, 0.4) is 0 Å². The van der Waals surface area contributed by atoms with Gasteiger partial charge in [-0.1, -0.05) is 6.07 Å². The van der Waals surface area contributed by atoms with Crippen molar-refractivity contribution in [3.8, 4) is 11.5 Å². The molecule has 1 aromatic rings. The molecular formula is C15H19NO6.